The Hall–Kier alpha value is -2.44. The zero-order valence-corrected chi connectivity index (χ0v) is 18.5. The van der Waals surface area contributed by atoms with E-state index in [2.05, 4.69) is 0 Å². The number of fused-ring (bicyclic) bond motifs is 3. The van der Waals surface area contributed by atoms with Crippen LogP contribution in [-0.2, 0) is 28.7 Å². The standard InChI is InChI=1S/C24H30O7/c1-13(25)31-19-10-17(22(28)29-4)23(2)7-5-16-18(26)9-15(14-6-8-30-12-14)11-24(16,3)21(23)20(19)27/h6,8,12,15-17,19,21H,5,7,9-11H2,1-4H3/t15-,16-,17-,19+,21-,23-,24-/m0/s1. The van der Waals surface area contributed by atoms with Crippen LogP contribution in [0.15, 0.2) is 23.0 Å². The van der Waals surface area contributed by atoms with Gasteiger partial charge in [0.15, 0.2) is 11.9 Å². The van der Waals surface area contributed by atoms with Crippen molar-refractivity contribution in [3.63, 3.8) is 0 Å². The molecule has 0 aromatic carbocycles. The SMILES string of the molecule is COC(=O)[C@@H]1C[C@@H](OC(C)=O)C(=O)[C@@H]2[C@@]3(C)C[C@@H](c4ccoc4)CC(=O)[C@@H]3CC[C@]21C. The van der Waals surface area contributed by atoms with Crippen LogP contribution in [-0.4, -0.2) is 36.7 Å². The van der Waals surface area contributed by atoms with Gasteiger partial charge in [0.25, 0.3) is 0 Å². The molecule has 31 heavy (non-hydrogen) atoms. The lowest BCUT2D eigenvalue weighted by atomic mass is 9.41. The van der Waals surface area contributed by atoms with Crippen molar-refractivity contribution in [2.75, 3.05) is 7.11 Å². The molecule has 1 aromatic heterocycles. The highest BCUT2D eigenvalue weighted by Crippen LogP contribution is 2.65. The normalized spacial score (nSPS) is 39.9. The van der Waals surface area contributed by atoms with Crippen molar-refractivity contribution in [2.24, 2.45) is 28.6 Å². The summed E-state index contributed by atoms with van der Waals surface area (Å²) in [4.78, 5) is 51.5. The topological polar surface area (TPSA) is 99.9 Å². The largest absolute Gasteiger partial charge is 0.472 e. The van der Waals surface area contributed by atoms with E-state index < -0.39 is 40.7 Å². The quantitative estimate of drug-likeness (QED) is 0.677. The predicted molar refractivity (Wildman–Crippen MR) is 109 cm³/mol. The molecule has 3 fully saturated rings. The number of furan rings is 1. The summed E-state index contributed by atoms with van der Waals surface area (Å²) in [5.41, 5.74) is -0.360. The highest BCUT2D eigenvalue weighted by molar-refractivity contribution is 5.94. The average molecular weight is 430 g/mol. The Morgan fingerprint density at radius 1 is 1.19 bits per heavy atom. The number of ether oxygens (including phenoxy) is 2. The van der Waals surface area contributed by atoms with E-state index in [1.807, 2.05) is 19.9 Å². The van der Waals surface area contributed by atoms with Gasteiger partial charge in [-0.25, -0.2) is 0 Å². The third kappa shape index (κ3) is 3.33. The van der Waals surface area contributed by atoms with E-state index in [0.29, 0.717) is 25.7 Å². The molecule has 0 bridgehead atoms. The van der Waals surface area contributed by atoms with Gasteiger partial charge < -0.3 is 13.9 Å². The van der Waals surface area contributed by atoms with Crippen LogP contribution in [0.1, 0.15) is 64.4 Å². The van der Waals surface area contributed by atoms with Crippen LogP contribution in [0.5, 0.6) is 0 Å². The molecule has 168 valence electrons. The molecule has 0 unspecified atom stereocenters. The second kappa shape index (κ2) is 7.61. The Labute approximate surface area is 181 Å². The molecule has 4 rings (SSSR count). The monoisotopic (exact) mass is 430 g/mol. The Morgan fingerprint density at radius 2 is 1.94 bits per heavy atom. The third-order valence-electron chi connectivity index (χ3n) is 8.27. The molecular weight excluding hydrogens is 400 g/mol. The van der Waals surface area contributed by atoms with Gasteiger partial charge in [0.05, 0.1) is 25.6 Å². The molecule has 3 aliphatic carbocycles. The zero-order valence-electron chi connectivity index (χ0n) is 18.5. The van der Waals surface area contributed by atoms with Crippen molar-refractivity contribution in [3.05, 3.63) is 24.2 Å². The molecule has 7 heteroatoms. The van der Waals surface area contributed by atoms with Gasteiger partial charge in [-0.1, -0.05) is 13.8 Å². The summed E-state index contributed by atoms with van der Waals surface area (Å²) >= 11 is 0. The lowest BCUT2D eigenvalue weighted by Gasteiger charge is -2.61. The molecule has 7 nitrogen and oxygen atoms in total. The van der Waals surface area contributed by atoms with Crippen molar-refractivity contribution in [2.45, 2.75) is 64.9 Å². The fourth-order valence-corrected chi connectivity index (χ4v) is 7.03. The van der Waals surface area contributed by atoms with Gasteiger partial charge in [-0.05, 0) is 47.6 Å². The molecule has 0 saturated heterocycles. The van der Waals surface area contributed by atoms with E-state index in [1.54, 1.807) is 12.5 Å². The van der Waals surface area contributed by atoms with Gasteiger partial charge >= 0.3 is 11.9 Å². The van der Waals surface area contributed by atoms with E-state index >= 15 is 0 Å². The first kappa shape index (κ1) is 21.8. The minimum atomic E-state index is -1.00. The van der Waals surface area contributed by atoms with Crippen LogP contribution in [0.4, 0.5) is 0 Å². The maximum Gasteiger partial charge on any atom is 0.309 e. The van der Waals surface area contributed by atoms with Gasteiger partial charge in [-0.2, -0.15) is 0 Å². The number of Topliss-reactive ketones (excluding diaryl/α,β-unsaturated/α-hetero) is 2. The molecule has 0 aliphatic heterocycles. The molecule has 1 aromatic rings. The number of ketones is 2. The van der Waals surface area contributed by atoms with Crippen molar-refractivity contribution in [3.8, 4) is 0 Å². The number of hydrogen-bond donors (Lipinski definition) is 0. The highest BCUT2D eigenvalue weighted by atomic mass is 16.5. The number of hydrogen-bond acceptors (Lipinski definition) is 7. The van der Waals surface area contributed by atoms with Gasteiger partial charge in [0.1, 0.15) is 5.78 Å². The molecule has 0 amide bonds. The molecule has 0 N–H and O–H groups in total. The molecule has 3 aliphatic rings. The first-order valence-corrected chi connectivity index (χ1v) is 11.0. The van der Waals surface area contributed by atoms with Crippen molar-refractivity contribution in [1.82, 2.24) is 0 Å². The third-order valence-corrected chi connectivity index (χ3v) is 8.27. The van der Waals surface area contributed by atoms with Crippen LogP contribution in [0.25, 0.3) is 0 Å². The fraction of sp³-hybridized carbons (Fsp3) is 0.667. The Balaban J connectivity index is 1.80. The smallest absolute Gasteiger partial charge is 0.309 e. The van der Waals surface area contributed by atoms with Crippen LogP contribution < -0.4 is 0 Å². The molecule has 0 spiro atoms. The summed E-state index contributed by atoms with van der Waals surface area (Å²) in [7, 11) is 1.34. The van der Waals surface area contributed by atoms with E-state index in [4.69, 9.17) is 13.9 Å². The van der Waals surface area contributed by atoms with Crippen LogP contribution in [0.2, 0.25) is 0 Å². The molecule has 3 saturated carbocycles. The van der Waals surface area contributed by atoms with Gasteiger partial charge in [0.2, 0.25) is 0 Å². The Kier molecular flexibility index (Phi) is 5.34. The van der Waals surface area contributed by atoms with Crippen LogP contribution >= 0.6 is 0 Å². The molecule has 7 atom stereocenters. The van der Waals surface area contributed by atoms with Gasteiger partial charge in [-0.15, -0.1) is 0 Å². The Morgan fingerprint density at radius 3 is 2.55 bits per heavy atom. The molecular formula is C24H30O7. The number of carbonyl (C=O) groups is 4. The summed E-state index contributed by atoms with van der Waals surface area (Å²) < 4.78 is 15.7. The number of rotatable bonds is 3. The zero-order chi connectivity index (χ0) is 22.6. The van der Waals surface area contributed by atoms with Crippen molar-refractivity contribution >= 4 is 23.5 Å². The minimum absolute atomic E-state index is 0.0478. The first-order chi connectivity index (χ1) is 14.6. The summed E-state index contributed by atoms with van der Waals surface area (Å²) in [5.74, 6) is -2.44. The highest BCUT2D eigenvalue weighted by Gasteiger charge is 2.67. The van der Waals surface area contributed by atoms with E-state index in [0.717, 1.165) is 5.56 Å². The van der Waals surface area contributed by atoms with Gasteiger partial charge in [-0.3, -0.25) is 19.2 Å². The maximum absolute atomic E-state index is 13.8. The van der Waals surface area contributed by atoms with Crippen LogP contribution in [0, 0.1) is 28.6 Å². The molecule has 1 heterocycles. The summed E-state index contributed by atoms with van der Waals surface area (Å²) in [6.45, 7) is 5.24. The van der Waals surface area contributed by atoms with Gasteiger partial charge in [0, 0.05) is 31.6 Å². The minimum Gasteiger partial charge on any atom is -0.472 e. The Bertz CT molecular complexity index is 903. The number of methoxy groups -OCH3 is 1. The van der Waals surface area contributed by atoms with Crippen molar-refractivity contribution in [1.29, 1.82) is 0 Å². The van der Waals surface area contributed by atoms with E-state index in [1.165, 1.54) is 14.0 Å². The second-order valence-corrected chi connectivity index (χ2v) is 9.98. The lowest BCUT2D eigenvalue weighted by molar-refractivity contribution is -0.193. The summed E-state index contributed by atoms with van der Waals surface area (Å²) in [6, 6.07) is 1.87. The summed E-state index contributed by atoms with van der Waals surface area (Å²) in [6.07, 6.45) is 4.65. The van der Waals surface area contributed by atoms with Crippen LogP contribution in [0.3, 0.4) is 0 Å². The van der Waals surface area contributed by atoms with Crippen molar-refractivity contribution < 1.29 is 33.1 Å². The van der Waals surface area contributed by atoms with E-state index in [-0.39, 0.29) is 29.8 Å². The fourth-order valence-electron chi connectivity index (χ4n) is 7.03. The number of esters is 2. The maximum atomic E-state index is 13.8. The first-order valence-electron chi connectivity index (χ1n) is 11.0. The second-order valence-electron chi connectivity index (χ2n) is 9.98. The average Bonchev–Trinajstić information content (AvgIpc) is 3.23. The predicted octanol–water partition coefficient (Wildman–Crippen LogP) is 3.46. The molecule has 0 radical (unpaired) electrons. The lowest BCUT2D eigenvalue weighted by Crippen LogP contribution is -2.64. The van der Waals surface area contributed by atoms with E-state index in [9.17, 15) is 19.2 Å². The summed E-state index contributed by atoms with van der Waals surface area (Å²) in [5, 5.41) is 0. The number of carbonyl (C=O) groups excluding carboxylic acids is 4.